The van der Waals surface area contributed by atoms with Crippen LogP contribution in [0.3, 0.4) is 0 Å². The molecule has 4 saturated carbocycles. The van der Waals surface area contributed by atoms with Gasteiger partial charge in [0.05, 0.1) is 11.8 Å². The molecule has 1 aromatic heterocycles. The summed E-state index contributed by atoms with van der Waals surface area (Å²) in [6.07, 6.45) is 8.08. The number of carbonyl (C=O) groups excluding carboxylic acids is 1. The van der Waals surface area contributed by atoms with Crippen LogP contribution >= 0.6 is 0 Å². The van der Waals surface area contributed by atoms with Gasteiger partial charge in [0.25, 0.3) is 0 Å². The van der Waals surface area contributed by atoms with Crippen LogP contribution in [-0.2, 0) is 0 Å². The Morgan fingerprint density at radius 3 is 2.28 bits per heavy atom. The maximum Gasteiger partial charge on any atom is 0.171 e. The third-order valence-electron chi connectivity index (χ3n) is 5.46. The van der Waals surface area contributed by atoms with Crippen LogP contribution in [0.1, 0.15) is 42.5 Å². The molecular weight excluding hydrogens is 226 g/mol. The summed E-state index contributed by atoms with van der Waals surface area (Å²) in [5.74, 6) is 3.93. The molecule has 1 heterocycles. The van der Waals surface area contributed by atoms with Gasteiger partial charge in [0.1, 0.15) is 5.82 Å². The molecule has 0 spiro atoms. The number of anilines is 1. The lowest BCUT2D eigenvalue weighted by atomic mass is 9.51. The molecule has 4 nitrogen and oxygen atoms in total. The Morgan fingerprint density at radius 1 is 1.17 bits per heavy atom. The maximum atomic E-state index is 12.7. The minimum atomic E-state index is 0.220. The number of nitrogens with one attached hydrogen (secondary N) is 1. The first-order chi connectivity index (χ1) is 8.72. The second-order valence-corrected chi connectivity index (χ2v) is 6.52. The van der Waals surface area contributed by atoms with Crippen molar-refractivity contribution in [3.05, 3.63) is 11.8 Å². The second kappa shape index (κ2) is 3.59. The Hall–Kier alpha value is -1.32. The van der Waals surface area contributed by atoms with Gasteiger partial charge in [0, 0.05) is 5.92 Å². The third-order valence-corrected chi connectivity index (χ3v) is 5.46. The number of ketones is 1. The van der Waals surface area contributed by atoms with Crippen molar-refractivity contribution in [3.8, 4) is 0 Å². The largest absolute Gasteiger partial charge is 0.383 e. The maximum absolute atomic E-state index is 12.7. The van der Waals surface area contributed by atoms with Crippen LogP contribution in [0.25, 0.3) is 0 Å². The SMILES string of the molecule is Nc1[nH]ncc1C(=O)C1C2CC3CC(C2)CC1C3. The van der Waals surface area contributed by atoms with Crippen molar-refractivity contribution < 1.29 is 4.79 Å². The third kappa shape index (κ3) is 1.38. The van der Waals surface area contributed by atoms with E-state index in [9.17, 15) is 4.79 Å². The van der Waals surface area contributed by atoms with E-state index < -0.39 is 0 Å². The number of rotatable bonds is 2. The number of nitrogens with two attached hydrogens (primary N) is 1. The van der Waals surface area contributed by atoms with Gasteiger partial charge < -0.3 is 5.73 Å². The number of Topliss-reactive ketones (excluding diaryl/α,β-unsaturated/α-hetero) is 1. The zero-order valence-corrected chi connectivity index (χ0v) is 10.4. The van der Waals surface area contributed by atoms with Crippen LogP contribution in [0.2, 0.25) is 0 Å². The molecule has 0 atom stereocenters. The lowest BCUT2D eigenvalue weighted by Crippen LogP contribution is -2.48. The van der Waals surface area contributed by atoms with Crippen LogP contribution in [0.5, 0.6) is 0 Å². The van der Waals surface area contributed by atoms with Crippen molar-refractivity contribution in [2.45, 2.75) is 32.1 Å². The summed E-state index contributed by atoms with van der Waals surface area (Å²) in [5.41, 5.74) is 6.41. The highest BCUT2D eigenvalue weighted by Gasteiger charge is 2.51. The van der Waals surface area contributed by atoms with Crippen molar-refractivity contribution in [2.75, 3.05) is 5.73 Å². The number of aromatic amines is 1. The predicted molar refractivity (Wildman–Crippen MR) is 67.9 cm³/mol. The Balaban J connectivity index is 1.65. The Bertz CT molecular complexity index is 465. The smallest absolute Gasteiger partial charge is 0.171 e. The highest BCUT2D eigenvalue weighted by atomic mass is 16.1. The topological polar surface area (TPSA) is 71.8 Å². The molecule has 0 aromatic carbocycles. The van der Waals surface area contributed by atoms with Gasteiger partial charge in [-0.15, -0.1) is 0 Å². The average molecular weight is 245 g/mol. The monoisotopic (exact) mass is 245 g/mol. The molecule has 4 aliphatic rings. The van der Waals surface area contributed by atoms with Crippen molar-refractivity contribution in [2.24, 2.45) is 29.6 Å². The fourth-order valence-electron chi connectivity index (χ4n) is 5.03. The standard InChI is InChI=1S/C14H19N3O/c15-14-11(6-16-17-14)13(18)12-9-2-7-1-8(4-9)5-10(12)3-7/h6-10,12H,1-5H2,(H3,15,16,17). The van der Waals surface area contributed by atoms with Crippen molar-refractivity contribution >= 4 is 11.6 Å². The van der Waals surface area contributed by atoms with E-state index in [0.717, 1.165) is 11.8 Å². The van der Waals surface area contributed by atoms with Gasteiger partial charge >= 0.3 is 0 Å². The van der Waals surface area contributed by atoms with Crippen LogP contribution in [-0.4, -0.2) is 16.0 Å². The van der Waals surface area contributed by atoms with Crippen LogP contribution in [0.15, 0.2) is 6.20 Å². The zero-order valence-electron chi connectivity index (χ0n) is 10.4. The summed E-state index contributed by atoms with van der Waals surface area (Å²) >= 11 is 0. The van der Waals surface area contributed by atoms with E-state index in [1.165, 1.54) is 32.1 Å². The van der Waals surface area contributed by atoms with Gasteiger partial charge in [-0.3, -0.25) is 9.89 Å². The summed E-state index contributed by atoms with van der Waals surface area (Å²) < 4.78 is 0. The Morgan fingerprint density at radius 2 is 1.78 bits per heavy atom. The van der Waals surface area contributed by atoms with Crippen LogP contribution < -0.4 is 5.73 Å². The predicted octanol–water partition coefficient (Wildman–Crippen LogP) is 2.25. The summed E-state index contributed by atoms with van der Waals surface area (Å²) in [6.45, 7) is 0. The highest BCUT2D eigenvalue weighted by Crippen LogP contribution is 2.57. The normalized spacial score (nSPS) is 41.2. The molecule has 0 amide bonds. The molecule has 0 radical (unpaired) electrons. The molecule has 5 rings (SSSR count). The molecule has 3 N–H and O–H groups in total. The number of hydrogen-bond acceptors (Lipinski definition) is 3. The molecule has 0 unspecified atom stereocenters. The number of carbonyl (C=O) groups is 1. The molecule has 1 aromatic rings. The van der Waals surface area contributed by atoms with E-state index in [1.807, 2.05) is 0 Å². The Kier molecular flexibility index (Phi) is 2.11. The van der Waals surface area contributed by atoms with E-state index in [1.54, 1.807) is 6.20 Å². The van der Waals surface area contributed by atoms with Gasteiger partial charge in [-0.25, -0.2) is 0 Å². The van der Waals surface area contributed by atoms with Crippen molar-refractivity contribution in [3.63, 3.8) is 0 Å². The lowest BCUT2D eigenvalue weighted by molar-refractivity contribution is -0.0250. The quantitative estimate of drug-likeness (QED) is 0.785. The summed E-state index contributed by atoms with van der Waals surface area (Å²) in [4.78, 5) is 12.7. The summed E-state index contributed by atoms with van der Waals surface area (Å²) in [7, 11) is 0. The zero-order chi connectivity index (χ0) is 12.3. The fourth-order valence-corrected chi connectivity index (χ4v) is 5.03. The molecule has 4 fully saturated rings. The van der Waals surface area contributed by atoms with Gasteiger partial charge in [-0.1, -0.05) is 0 Å². The van der Waals surface area contributed by atoms with Gasteiger partial charge in [0.15, 0.2) is 5.78 Å². The number of nitrogen functional groups attached to an aromatic ring is 1. The van der Waals surface area contributed by atoms with Crippen molar-refractivity contribution in [1.82, 2.24) is 10.2 Å². The van der Waals surface area contributed by atoms with Crippen LogP contribution in [0, 0.1) is 29.6 Å². The molecule has 0 saturated heterocycles. The second-order valence-electron chi connectivity index (χ2n) is 6.52. The van der Waals surface area contributed by atoms with Gasteiger partial charge in [-0.2, -0.15) is 5.10 Å². The molecule has 4 bridgehead atoms. The highest BCUT2D eigenvalue weighted by molar-refractivity contribution is 6.01. The number of aromatic nitrogens is 2. The minimum Gasteiger partial charge on any atom is -0.383 e. The first-order valence-electron chi connectivity index (χ1n) is 7.05. The number of hydrogen-bond donors (Lipinski definition) is 2. The number of nitrogens with zero attached hydrogens (tertiary/aromatic N) is 1. The van der Waals surface area contributed by atoms with E-state index in [4.69, 9.17) is 5.73 Å². The fraction of sp³-hybridized carbons (Fsp3) is 0.714. The average Bonchev–Trinajstić information content (AvgIpc) is 2.73. The van der Waals surface area contributed by atoms with E-state index in [-0.39, 0.29) is 11.7 Å². The van der Waals surface area contributed by atoms with E-state index >= 15 is 0 Å². The summed E-state index contributed by atoms with van der Waals surface area (Å²) in [6, 6.07) is 0. The molecule has 96 valence electrons. The summed E-state index contributed by atoms with van der Waals surface area (Å²) in [5, 5.41) is 6.56. The molecule has 4 aliphatic carbocycles. The first-order valence-corrected chi connectivity index (χ1v) is 7.05. The van der Waals surface area contributed by atoms with E-state index in [0.29, 0.717) is 23.2 Å². The molecule has 0 aliphatic heterocycles. The molecular formula is C14H19N3O. The lowest BCUT2D eigenvalue weighted by Gasteiger charge is -2.53. The van der Waals surface area contributed by atoms with E-state index in [2.05, 4.69) is 10.2 Å². The van der Waals surface area contributed by atoms with Gasteiger partial charge in [0.2, 0.25) is 0 Å². The molecule has 4 heteroatoms. The number of H-pyrrole nitrogens is 1. The van der Waals surface area contributed by atoms with Crippen molar-refractivity contribution in [1.29, 1.82) is 0 Å². The van der Waals surface area contributed by atoms with Crippen LogP contribution in [0.4, 0.5) is 5.82 Å². The molecule has 18 heavy (non-hydrogen) atoms. The van der Waals surface area contributed by atoms with Gasteiger partial charge in [-0.05, 0) is 55.8 Å². The first kappa shape index (κ1) is 10.6. The Labute approximate surface area is 106 Å². The minimum absolute atomic E-state index is 0.220.